The molecule has 4 heteroatoms. The summed E-state index contributed by atoms with van der Waals surface area (Å²) in [5, 5.41) is 0.666. The van der Waals surface area contributed by atoms with E-state index in [9.17, 15) is 0 Å². The largest absolute Gasteiger partial charge is 0.358 e. The Morgan fingerprint density at radius 1 is 1.67 bits per heavy atom. The molecule has 2 nitrogen and oxygen atoms in total. The molecule has 0 aliphatic heterocycles. The molecule has 1 aromatic heterocycles. The van der Waals surface area contributed by atoms with Gasteiger partial charge in [0.1, 0.15) is 5.82 Å². The van der Waals surface area contributed by atoms with Crippen molar-refractivity contribution in [2.45, 2.75) is 13.3 Å². The maximum Gasteiger partial charge on any atom is 0.142 e. The van der Waals surface area contributed by atoms with Crippen molar-refractivity contribution in [3.05, 3.63) is 21.8 Å². The van der Waals surface area contributed by atoms with Crippen LogP contribution in [0.5, 0.6) is 0 Å². The number of aromatic nitrogens is 1. The molecule has 0 bridgehead atoms. The van der Waals surface area contributed by atoms with Crippen LogP contribution in [0.15, 0.2) is 16.7 Å². The summed E-state index contributed by atoms with van der Waals surface area (Å²) in [5.41, 5.74) is 0. The zero-order valence-corrected chi connectivity index (χ0v) is 11.2. The molecule has 0 N–H and O–H groups in total. The van der Waals surface area contributed by atoms with Gasteiger partial charge in [0.05, 0.1) is 9.50 Å². The summed E-state index contributed by atoms with van der Waals surface area (Å²) in [7, 11) is 2.08. The van der Waals surface area contributed by atoms with Gasteiger partial charge in [-0.3, -0.25) is 0 Å². The lowest BCUT2D eigenvalue weighted by molar-refractivity contribution is 0.718. The zero-order valence-electron chi connectivity index (χ0n) is 8.87. The average molecular weight is 290 g/mol. The van der Waals surface area contributed by atoms with Gasteiger partial charge in [0.15, 0.2) is 0 Å². The zero-order chi connectivity index (χ0) is 11.0. The van der Waals surface area contributed by atoms with Gasteiger partial charge in [0.2, 0.25) is 0 Å². The van der Waals surface area contributed by atoms with Gasteiger partial charge in [-0.05, 0) is 40.3 Å². The lowest BCUT2D eigenvalue weighted by Crippen LogP contribution is -2.21. The van der Waals surface area contributed by atoms with E-state index in [2.05, 4.69) is 39.8 Å². The topological polar surface area (TPSA) is 16.1 Å². The van der Waals surface area contributed by atoms with Crippen LogP contribution in [0.3, 0.4) is 0 Å². The molecule has 2 unspecified atom stereocenters. The number of halogens is 2. The first-order valence-electron chi connectivity index (χ1n) is 5.10. The number of hydrogen-bond acceptors (Lipinski definition) is 2. The lowest BCUT2D eigenvalue weighted by Gasteiger charge is -2.19. The minimum absolute atomic E-state index is 0.666. The van der Waals surface area contributed by atoms with Crippen molar-refractivity contribution in [3.8, 4) is 0 Å². The standard InChI is InChI=1S/C11H14BrClN2/c1-7-3-8(7)6-15(2)11-10(12)4-9(13)5-14-11/h4-5,7-8H,3,6H2,1-2H3. The van der Waals surface area contributed by atoms with Gasteiger partial charge in [0, 0.05) is 19.8 Å². The van der Waals surface area contributed by atoms with Gasteiger partial charge in [-0.25, -0.2) is 4.98 Å². The number of anilines is 1. The van der Waals surface area contributed by atoms with E-state index >= 15 is 0 Å². The summed E-state index contributed by atoms with van der Waals surface area (Å²) in [6.07, 6.45) is 3.03. The van der Waals surface area contributed by atoms with E-state index < -0.39 is 0 Å². The third-order valence-electron chi connectivity index (χ3n) is 2.93. The number of rotatable bonds is 3. The third-order valence-corrected chi connectivity index (χ3v) is 3.72. The van der Waals surface area contributed by atoms with Crippen LogP contribution in [0.2, 0.25) is 5.02 Å². The van der Waals surface area contributed by atoms with Gasteiger partial charge < -0.3 is 4.90 Å². The molecule has 1 saturated carbocycles. The van der Waals surface area contributed by atoms with E-state index in [1.807, 2.05) is 6.07 Å². The molecular weight excluding hydrogens is 275 g/mol. The van der Waals surface area contributed by atoms with E-state index in [0.717, 1.165) is 28.7 Å². The predicted molar refractivity (Wildman–Crippen MR) is 67.5 cm³/mol. The molecule has 0 amide bonds. The Labute approximate surface area is 104 Å². The molecule has 0 radical (unpaired) electrons. The molecule has 82 valence electrons. The van der Waals surface area contributed by atoms with E-state index in [4.69, 9.17) is 11.6 Å². The Morgan fingerprint density at radius 3 is 2.87 bits per heavy atom. The third kappa shape index (κ3) is 2.64. The molecule has 2 rings (SSSR count). The van der Waals surface area contributed by atoms with Crippen LogP contribution in [0, 0.1) is 11.8 Å². The van der Waals surface area contributed by atoms with Crippen LogP contribution in [0.25, 0.3) is 0 Å². The molecule has 1 aliphatic carbocycles. The summed E-state index contributed by atoms with van der Waals surface area (Å²) >= 11 is 9.34. The minimum atomic E-state index is 0.666. The summed E-state index contributed by atoms with van der Waals surface area (Å²) in [6, 6.07) is 1.89. The maximum atomic E-state index is 5.85. The average Bonchev–Trinajstić information content (AvgIpc) is 2.81. The van der Waals surface area contributed by atoms with Gasteiger partial charge in [-0.15, -0.1) is 0 Å². The maximum absolute atomic E-state index is 5.85. The van der Waals surface area contributed by atoms with Gasteiger partial charge in [0.25, 0.3) is 0 Å². The van der Waals surface area contributed by atoms with Crippen molar-refractivity contribution in [1.29, 1.82) is 0 Å². The van der Waals surface area contributed by atoms with Crippen LogP contribution in [-0.4, -0.2) is 18.6 Å². The molecule has 1 fully saturated rings. The second kappa shape index (κ2) is 4.30. The smallest absolute Gasteiger partial charge is 0.142 e. The Balaban J connectivity index is 2.07. The van der Waals surface area contributed by atoms with Crippen molar-refractivity contribution < 1.29 is 0 Å². The van der Waals surface area contributed by atoms with Crippen LogP contribution >= 0.6 is 27.5 Å². The molecule has 15 heavy (non-hydrogen) atoms. The number of hydrogen-bond donors (Lipinski definition) is 0. The molecule has 2 atom stereocenters. The van der Waals surface area contributed by atoms with E-state index in [1.54, 1.807) is 6.20 Å². The minimum Gasteiger partial charge on any atom is -0.358 e. The lowest BCUT2D eigenvalue weighted by atomic mass is 10.3. The second-order valence-electron chi connectivity index (χ2n) is 4.31. The van der Waals surface area contributed by atoms with Crippen LogP contribution in [0.1, 0.15) is 13.3 Å². The molecule has 0 aromatic carbocycles. The van der Waals surface area contributed by atoms with Crippen molar-refractivity contribution in [2.75, 3.05) is 18.5 Å². The van der Waals surface area contributed by atoms with Crippen molar-refractivity contribution in [1.82, 2.24) is 4.98 Å². The van der Waals surface area contributed by atoms with Crippen molar-refractivity contribution in [3.63, 3.8) is 0 Å². The highest BCUT2D eigenvalue weighted by Crippen LogP contribution is 2.39. The fourth-order valence-electron chi connectivity index (χ4n) is 1.78. The van der Waals surface area contributed by atoms with Crippen LogP contribution < -0.4 is 4.90 Å². The van der Waals surface area contributed by atoms with Gasteiger partial charge >= 0.3 is 0 Å². The fraction of sp³-hybridized carbons (Fsp3) is 0.545. The van der Waals surface area contributed by atoms with E-state index in [0.29, 0.717) is 5.02 Å². The first-order valence-corrected chi connectivity index (χ1v) is 6.27. The summed E-state index contributed by atoms with van der Waals surface area (Å²) in [5.74, 6) is 2.68. The normalized spacial score (nSPS) is 24.0. The molecule has 1 heterocycles. The second-order valence-corrected chi connectivity index (χ2v) is 5.60. The Kier molecular flexibility index (Phi) is 3.21. The van der Waals surface area contributed by atoms with Gasteiger partial charge in [-0.2, -0.15) is 0 Å². The predicted octanol–water partition coefficient (Wildman–Crippen LogP) is 3.59. The van der Waals surface area contributed by atoms with E-state index in [-0.39, 0.29) is 0 Å². The number of nitrogens with zero attached hydrogens (tertiary/aromatic N) is 2. The molecule has 0 spiro atoms. The Bertz CT molecular complexity index is 370. The van der Waals surface area contributed by atoms with Crippen molar-refractivity contribution in [2.24, 2.45) is 11.8 Å². The highest BCUT2D eigenvalue weighted by Gasteiger charge is 2.33. The quantitative estimate of drug-likeness (QED) is 0.845. The van der Waals surface area contributed by atoms with E-state index in [1.165, 1.54) is 6.42 Å². The number of pyridine rings is 1. The highest BCUT2D eigenvalue weighted by molar-refractivity contribution is 9.10. The Morgan fingerprint density at radius 2 is 2.33 bits per heavy atom. The monoisotopic (exact) mass is 288 g/mol. The first kappa shape index (κ1) is 11.2. The van der Waals surface area contributed by atoms with Crippen LogP contribution in [-0.2, 0) is 0 Å². The molecule has 1 aliphatic rings. The summed E-state index contributed by atoms with van der Waals surface area (Å²) in [4.78, 5) is 6.52. The molecular formula is C11H14BrClN2. The Hall–Kier alpha value is -0.280. The summed E-state index contributed by atoms with van der Waals surface area (Å²) in [6.45, 7) is 3.37. The molecule has 1 aromatic rings. The van der Waals surface area contributed by atoms with Gasteiger partial charge in [-0.1, -0.05) is 18.5 Å². The van der Waals surface area contributed by atoms with Crippen LogP contribution in [0.4, 0.5) is 5.82 Å². The first-order chi connectivity index (χ1) is 7.08. The van der Waals surface area contributed by atoms with Crippen molar-refractivity contribution >= 4 is 33.3 Å². The highest BCUT2D eigenvalue weighted by atomic mass is 79.9. The molecule has 0 saturated heterocycles. The SMILES string of the molecule is CC1CC1CN(C)c1ncc(Cl)cc1Br. The summed E-state index contributed by atoms with van der Waals surface area (Å²) < 4.78 is 0.964. The fourth-order valence-corrected chi connectivity index (χ4v) is 2.72.